The van der Waals surface area contributed by atoms with Gasteiger partial charge in [-0.15, -0.1) is 0 Å². The summed E-state index contributed by atoms with van der Waals surface area (Å²) in [5.74, 6) is -1.82. The Morgan fingerprint density at radius 3 is 2.20 bits per heavy atom. The molecule has 1 heterocycles. The molecule has 0 saturated heterocycles. The standard InChI is InChI=1S/C13H9F5N2/c14-8-3-7(4-9(15)5-8)12(19)10-6-20-2-1-11(10)13(16,17)18/h1-6,12H,19H2. The Kier molecular flexibility index (Phi) is 3.71. The van der Waals surface area contributed by atoms with E-state index in [9.17, 15) is 22.0 Å². The minimum absolute atomic E-state index is 0.0963. The summed E-state index contributed by atoms with van der Waals surface area (Å²) in [6.07, 6.45) is -2.71. The summed E-state index contributed by atoms with van der Waals surface area (Å²) < 4.78 is 64.8. The summed E-state index contributed by atoms with van der Waals surface area (Å²) in [4.78, 5) is 3.58. The Hall–Kier alpha value is -2.02. The predicted octanol–water partition coefficient (Wildman–Crippen LogP) is 3.43. The monoisotopic (exact) mass is 288 g/mol. The zero-order chi connectivity index (χ0) is 14.9. The molecule has 2 rings (SSSR count). The van der Waals surface area contributed by atoms with Crippen LogP contribution >= 0.6 is 0 Å². The van der Waals surface area contributed by atoms with E-state index in [4.69, 9.17) is 5.73 Å². The van der Waals surface area contributed by atoms with Gasteiger partial charge in [-0.1, -0.05) is 0 Å². The van der Waals surface area contributed by atoms with Gasteiger partial charge >= 0.3 is 6.18 Å². The number of aromatic nitrogens is 1. The van der Waals surface area contributed by atoms with Gasteiger partial charge in [0.1, 0.15) is 11.6 Å². The summed E-state index contributed by atoms with van der Waals surface area (Å²) in [7, 11) is 0. The van der Waals surface area contributed by atoms with Gasteiger partial charge < -0.3 is 5.73 Å². The molecule has 1 aromatic heterocycles. The third-order valence-corrected chi connectivity index (χ3v) is 2.74. The molecule has 106 valence electrons. The number of alkyl halides is 3. The maximum absolute atomic E-state index is 13.1. The van der Waals surface area contributed by atoms with Crippen LogP contribution in [0.4, 0.5) is 22.0 Å². The molecule has 0 aliphatic carbocycles. The van der Waals surface area contributed by atoms with Gasteiger partial charge in [-0.3, -0.25) is 4.98 Å². The zero-order valence-corrected chi connectivity index (χ0v) is 9.96. The van der Waals surface area contributed by atoms with Crippen molar-refractivity contribution in [2.24, 2.45) is 5.73 Å². The number of rotatable bonds is 2. The number of benzene rings is 1. The van der Waals surface area contributed by atoms with Crippen LogP contribution in [0.2, 0.25) is 0 Å². The highest BCUT2D eigenvalue weighted by Crippen LogP contribution is 2.35. The van der Waals surface area contributed by atoms with Gasteiger partial charge in [0.25, 0.3) is 0 Å². The first-order valence-corrected chi connectivity index (χ1v) is 5.51. The van der Waals surface area contributed by atoms with Crippen molar-refractivity contribution in [3.8, 4) is 0 Å². The van der Waals surface area contributed by atoms with Crippen molar-refractivity contribution in [2.45, 2.75) is 12.2 Å². The fraction of sp³-hybridized carbons (Fsp3) is 0.154. The van der Waals surface area contributed by atoms with E-state index in [0.29, 0.717) is 6.07 Å². The molecule has 2 aromatic rings. The normalized spacial score (nSPS) is 13.3. The van der Waals surface area contributed by atoms with Crippen molar-refractivity contribution in [2.75, 3.05) is 0 Å². The van der Waals surface area contributed by atoms with Crippen LogP contribution in [-0.4, -0.2) is 4.98 Å². The van der Waals surface area contributed by atoms with Crippen LogP contribution in [0, 0.1) is 11.6 Å². The molecule has 1 atom stereocenters. The van der Waals surface area contributed by atoms with E-state index in [1.54, 1.807) is 0 Å². The molecule has 2 nitrogen and oxygen atoms in total. The predicted molar refractivity (Wildman–Crippen MR) is 61.6 cm³/mol. The molecule has 0 radical (unpaired) electrons. The molecule has 0 aliphatic rings. The van der Waals surface area contributed by atoms with Crippen LogP contribution in [0.3, 0.4) is 0 Å². The van der Waals surface area contributed by atoms with Crippen molar-refractivity contribution in [3.63, 3.8) is 0 Å². The van der Waals surface area contributed by atoms with Crippen molar-refractivity contribution < 1.29 is 22.0 Å². The molecule has 0 saturated carbocycles. The molecule has 0 fully saturated rings. The van der Waals surface area contributed by atoms with E-state index < -0.39 is 29.4 Å². The molecule has 0 bridgehead atoms. The van der Waals surface area contributed by atoms with Gasteiger partial charge in [0, 0.05) is 24.0 Å². The summed E-state index contributed by atoms with van der Waals surface area (Å²) in [6.45, 7) is 0. The summed E-state index contributed by atoms with van der Waals surface area (Å²) in [6, 6.07) is 1.84. The van der Waals surface area contributed by atoms with Crippen LogP contribution in [0.15, 0.2) is 36.7 Å². The Balaban J connectivity index is 2.51. The first-order chi connectivity index (χ1) is 9.29. The van der Waals surface area contributed by atoms with Crippen molar-refractivity contribution >= 4 is 0 Å². The molecule has 20 heavy (non-hydrogen) atoms. The number of pyridine rings is 1. The van der Waals surface area contributed by atoms with E-state index >= 15 is 0 Å². The van der Waals surface area contributed by atoms with E-state index in [1.165, 1.54) is 0 Å². The number of hydrogen-bond acceptors (Lipinski definition) is 2. The Bertz CT molecular complexity index is 604. The largest absolute Gasteiger partial charge is 0.416 e. The molecule has 0 amide bonds. The Morgan fingerprint density at radius 2 is 1.65 bits per heavy atom. The third-order valence-electron chi connectivity index (χ3n) is 2.74. The first kappa shape index (κ1) is 14.4. The fourth-order valence-electron chi connectivity index (χ4n) is 1.85. The molecule has 0 aliphatic heterocycles. The molecule has 1 unspecified atom stereocenters. The van der Waals surface area contributed by atoms with Crippen molar-refractivity contribution in [3.05, 3.63) is 65.0 Å². The van der Waals surface area contributed by atoms with Crippen LogP contribution in [0.1, 0.15) is 22.7 Å². The smallest absolute Gasteiger partial charge is 0.320 e. The lowest BCUT2D eigenvalue weighted by atomic mass is 9.96. The maximum atomic E-state index is 13.1. The SMILES string of the molecule is NC(c1cc(F)cc(F)c1)c1cnccc1C(F)(F)F. The lowest BCUT2D eigenvalue weighted by molar-refractivity contribution is -0.138. The van der Waals surface area contributed by atoms with E-state index in [2.05, 4.69) is 4.98 Å². The van der Waals surface area contributed by atoms with Crippen LogP contribution in [-0.2, 0) is 6.18 Å². The summed E-state index contributed by atoms with van der Waals surface area (Å²) >= 11 is 0. The minimum atomic E-state index is -4.62. The second-order valence-corrected chi connectivity index (χ2v) is 4.14. The average Bonchev–Trinajstić information content (AvgIpc) is 2.35. The van der Waals surface area contributed by atoms with Gasteiger partial charge in [0.05, 0.1) is 11.6 Å². The fourth-order valence-corrected chi connectivity index (χ4v) is 1.85. The number of halogens is 5. The molecular formula is C13H9F5N2. The Labute approximate surface area is 111 Å². The Morgan fingerprint density at radius 1 is 1.05 bits per heavy atom. The van der Waals surface area contributed by atoms with Gasteiger partial charge in [-0.2, -0.15) is 13.2 Å². The molecular weight excluding hydrogens is 279 g/mol. The lowest BCUT2D eigenvalue weighted by Crippen LogP contribution is -2.19. The van der Waals surface area contributed by atoms with Crippen LogP contribution < -0.4 is 5.73 Å². The van der Waals surface area contributed by atoms with Crippen LogP contribution in [0.5, 0.6) is 0 Å². The van der Waals surface area contributed by atoms with Crippen molar-refractivity contribution in [1.29, 1.82) is 0 Å². The maximum Gasteiger partial charge on any atom is 0.416 e. The number of hydrogen-bond donors (Lipinski definition) is 1. The first-order valence-electron chi connectivity index (χ1n) is 5.51. The van der Waals surface area contributed by atoms with Crippen molar-refractivity contribution in [1.82, 2.24) is 4.98 Å². The average molecular weight is 288 g/mol. The molecule has 0 spiro atoms. The highest BCUT2D eigenvalue weighted by molar-refractivity contribution is 5.37. The van der Waals surface area contributed by atoms with Gasteiger partial charge in [0.15, 0.2) is 0 Å². The number of nitrogens with two attached hydrogens (primary N) is 1. The summed E-state index contributed by atoms with van der Waals surface area (Å²) in [5, 5.41) is 0. The molecule has 2 N–H and O–H groups in total. The second kappa shape index (κ2) is 5.16. The third kappa shape index (κ3) is 2.93. The molecule has 7 heteroatoms. The minimum Gasteiger partial charge on any atom is -0.320 e. The highest BCUT2D eigenvalue weighted by atomic mass is 19.4. The lowest BCUT2D eigenvalue weighted by Gasteiger charge is -2.18. The number of nitrogens with zero attached hydrogens (tertiary/aromatic N) is 1. The van der Waals surface area contributed by atoms with E-state index in [1.807, 2.05) is 0 Å². The van der Waals surface area contributed by atoms with E-state index in [-0.39, 0.29) is 11.1 Å². The zero-order valence-electron chi connectivity index (χ0n) is 9.96. The second-order valence-electron chi connectivity index (χ2n) is 4.14. The van der Waals surface area contributed by atoms with E-state index in [0.717, 1.165) is 30.6 Å². The van der Waals surface area contributed by atoms with Gasteiger partial charge in [-0.05, 0) is 23.8 Å². The topological polar surface area (TPSA) is 38.9 Å². The highest BCUT2D eigenvalue weighted by Gasteiger charge is 2.35. The van der Waals surface area contributed by atoms with Crippen LogP contribution in [0.25, 0.3) is 0 Å². The molecule has 1 aromatic carbocycles. The quantitative estimate of drug-likeness (QED) is 0.860. The van der Waals surface area contributed by atoms with Gasteiger partial charge in [-0.25, -0.2) is 8.78 Å². The van der Waals surface area contributed by atoms with Gasteiger partial charge in [0.2, 0.25) is 0 Å². The summed E-state index contributed by atoms with van der Waals surface area (Å²) in [5.41, 5.74) is 4.26.